The molecule has 8 heteroatoms. The number of hydrogen-bond donors (Lipinski definition) is 6. The zero-order valence-electron chi connectivity index (χ0n) is 11.0. The van der Waals surface area contributed by atoms with Gasteiger partial charge in [0, 0.05) is 18.0 Å². The number of benzene rings is 1. The van der Waals surface area contributed by atoms with Crippen molar-refractivity contribution in [2.75, 3.05) is 11.9 Å². The molecule has 1 heterocycles. The van der Waals surface area contributed by atoms with Gasteiger partial charge in [-0.3, -0.25) is 9.59 Å². The van der Waals surface area contributed by atoms with Gasteiger partial charge in [0.05, 0.1) is 11.2 Å². The normalized spacial score (nSPS) is 12.2. The van der Waals surface area contributed by atoms with Crippen LogP contribution in [0.2, 0.25) is 0 Å². The van der Waals surface area contributed by atoms with Gasteiger partial charge in [0.15, 0.2) is 5.75 Å². The van der Waals surface area contributed by atoms with Gasteiger partial charge in [0.25, 0.3) is 0 Å². The molecule has 0 radical (unpaired) electrons. The van der Waals surface area contributed by atoms with E-state index in [1.165, 1.54) is 6.07 Å². The molecule has 2 aromatic rings. The van der Waals surface area contributed by atoms with E-state index in [1.54, 1.807) is 12.3 Å². The third-order valence-electron chi connectivity index (χ3n) is 3.10. The summed E-state index contributed by atoms with van der Waals surface area (Å²) in [5.41, 5.74) is 6.84. The molecule has 8 nitrogen and oxygen atoms in total. The average molecular weight is 293 g/mol. The highest BCUT2D eigenvalue weighted by Gasteiger charge is 2.17. The predicted molar refractivity (Wildman–Crippen MR) is 75.4 cm³/mol. The van der Waals surface area contributed by atoms with Gasteiger partial charge >= 0.3 is 11.9 Å². The lowest BCUT2D eigenvalue weighted by atomic mass is 10.0. The highest BCUT2D eigenvalue weighted by molar-refractivity contribution is 5.93. The summed E-state index contributed by atoms with van der Waals surface area (Å²) < 4.78 is 0. The zero-order valence-corrected chi connectivity index (χ0v) is 11.0. The maximum atomic E-state index is 10.8. The summed E-state index contributed by atoms with van der Waals surface area (Å²) in [5, 5.41) is 30.7. The van der Waals surface area contributed by atoms with Crippen molar-refractivity contribution in [2.45, 2.75) is 12.5 Å². The SMILES string of the molecule is N[C@@H](Cc1c[nH]c2c(O)c(NCC(=O)O)ccc12)C(=O)O. The number of anilines is 1. The Hall–Kier alpha value is -2.74. The number of phenols is 1. The van der Waals surface area contributed by atoms with Gasteiger partial charge in [0.1, 0.15) is 12.6 Å². The highest BCUT2D eigenvalue weighted by Crippen LogP contribution is 2.33. The minimum Gasteiger partial charge on any atom is -0.504 e. The first-order chi connectivity index (χ1) is 9.90. The Morgan fingerprint density at radius 2 is 2.05 bits per heavy atom. The number of aromatic amines is 1. The summed E-state index contributed by atoms with van der Waals surface area (Å²) in [6.45, 7) is -0.323. The number of carboxylic acids is 2. The molecule has 0 saturated heterocycles. The lowest BCUT2D eigenvalue weighted by Gasteiger charge is -2.08. The highest BCUT2D eigenvalue weighted by atomic mass is 16.4. The van der Waals surface area contributed by atoms with Crippen LogP contribution in [0.3, 0.4) is 0 Å². The van der Waals surface area contributed by atoms with Gasteiger partial charge in [0.2, 0.25) is 0 Å². The van der Waals surface area contributed by atoms with E-state index in [1.807, 2.05) is 0 Å². The first-order valence-corrected chi connectivity index (χ1v) is 6.16. The van der Waals surface area contributed by atoms with Crippen molar-refractivity contribution < 1.29 is 24.9 Å². The third kappa shape index (κ3) is 3.06. The second kappa shape index (κ2) is 5.71. The molecule has 1 atom stereocenters. The van der Waals surface area contributed by atoms with E-state index in [-0.39, 0.29) is 24.4 Å². The number of hydrogen-bond acceptors (Lipinski definition) is 5. The minimum atomic E-state index is -1.10. The molecule has 0 spiro atoms. The summed E-state index contributed by atoms with van der Waals surface area (Å²) in [4.78, 5) is 24.1. The lowest BCUT2D eigenvalue weighted by molar-refractivity contribution is -0.138. The summed E-state index contributed by atoms with van der Waals surface area (Å²) in [7, 11) is 0. The second-order valence-electron chi connectivity index (χ2n) is 4.59. The fraction of sp³-hybridized carbons (Fsp3) is 0.231. The van der Waals surface area contributed by atoms with E-state index in [0.29, 0.717) is 16.5 Å². The van der Waals surface area contributed by atoms with Crippen molar-refractivity contribution in [2.24, 2.45) is 5.73 Å². The second-order valence-corrected chi connectivity index (χ2v) is 4.59. The molecule has 21 heavy (non-hydrogen) atoms. The number of carbonyl (C=O) groups is 2. The Morgan fingerprint density at radius 1 is 1.33 bits per heavy atom. The van der Waals surface area contributed by atoms with Crippen molar-refractivity contribution in [3.8, 4) is 5.75 Å². The van der Waals surface area contributed by atoms with Gasteiger partial charge in [-0.1, -0.05) is 6.07 Å². The molecule has 112 valence electrons. The van der Waals surface area contributed by atoms with Crippen LogP contribution >= 0.6 is 0 Å². The molecule has 0 fully saturated rings. The van der Waals surface area contributed by atoms with Crippen molar-refractivity contribution in [3.63, 3.8) is 0 Å². The van der Waals surface area contributed by atoms with Gasteiger partial charge in [-0.25, -0.2) is 0 Å². The standard InChI is InChI=1S/C13H15N3O5/c14-8(13(20)21)3-6-4-16-11-7(6)1-2-9(12(11)19)15-5-10(17)18/h1-2,4,8,15-16,19H,3,5,14H2,(H,17,18)(H,20,21)/t8-/m0/s1. The van der Waals surface area contributed by atoms with Gasteiger partial charge in [-0.15, -0.1) is 0 Å². The monoisotopic (exact) mass is 293 g/mol. The van der Waals surface area contributed by atoms with Crippen molar-refractivity contribution >= 4 is 28.5 Å². The van der Waals surface area contributed by atoms with Crippen LogP contribution in [0.5, 0.6) is 5.75 Å². The van der Waals surface area contributed by atoms with Gasteiger partial charge < -0.3 is 31.4 Å². The first-order valence-electron chi connectivity index (χ1n) is 6.16. The molecular formula is C13H15N3O5. The van der Waals surface area contributed by atoms with Crippen LogP contribution in [-0.4, -0.2) is 44.8 Å². The molecule has 0 saturated carbocycles. The maximum Gasteiger partial charge on any atom is 0.322 e. The van der Waals surface area contributed by atoms with Crippen LogP contribution in [0.15, 0.2) is 18.3 Å². The summed E-state index contributed by atoms with van der Waals surface area (Å²) in [5.74, 6) is -2.27. The van der Waals surface area contributed by atoms with Gasteiger partial charge in [-0.05, 0) is 11.6 Å². The Labute approximate surface area is 119 Å². The van der Waals surface area contributed by atoms with E-state index in [4.69, 9.17) is 15.9 Å². The van der Waals surface area contributed by atoms with Crippen molar-refractivity contribution in [1.82, 2.24) is 4.98 Å². The minimum absolute atomic E-state index is 0.121. The molecule has 0 aliphatic carbocycles. The Kier molecular flexibility index (Phi) is 3.99. The largest absolute Gasteiger partial charge is 0.504 e. The van der Waals surface area contributed by atoms with Crippen LogP contribution in [0.4, 0.5) is 5.69 Å². The quantitative estimate of drug-likeness (QED) is 0.420. The smallest absolute Gasteiger partial charge is 0.322 e. The molecule has 1 aromatic heterocycles. The lowest BCUT2D eigenvalue weighted by Crippen LogP contribution is -2.32. The number of aliphatic carboxylic acids is 2. The van der Waals surface area contributed by atoms with Crippen LogP contribution in [0.25, 0.3) is 10.9 Å². The Balaban J connectivity index is 2.31. The number of carboxylic acid groups (broad SMARTS) is 2. The fourth-order valence-corrected chi connectivity index (χ4v) is 2.05. The molecule has 0 amide bonds. The number of fused-ring (bicyclic) bond motifs is 1. The first kappa shape index (κ1) is 14.7. The number of rotatable bonds is 6. The number of H-pyrrole nitrogens is 1. The molecule has 7 N–H and O–H groups in total. The van der Waals surface area contributed by atoms with Crippen LogP contribution in [-0.2, 0) is 16.0 Å². The predicted octanol–water partition coefficient (Wildman–Crippen LogP) is 0.324. The number of phenolic OH excluding ortho intramolecular Hbond substituents is 1. The molecule has 1 aromatic carbocycles. The van der Waals surface area contributed by atoms with E-state index in [9.17, 15) is 14.7 Å². The Bertz CT molecular complexity index is 694. The molecule has 0 bridgehead atoms. The maximum absolute atomic E-state index is 10.8. The molecule has 2 rings (SSSR count). The summed E-state index contributed by atoms with van der Waals surface area (Å²) >= 11 is 0. The topological polar surface area (TPSA) is 149 Å². The fourth-order valence-electron chi connectivity index (χ4n) is 2.05. The summed E-state index contributed by atoms with van der Waals surface area (Å²) in [6, 6.07) is 2.17. The van der Waals surface area contributed by atoms with Crippen LogP contribution in [0.1, 0.15) is 5.56 Å². The van der Waals surface area contributed by atoms with Gasteiger partial charge in [-0.2, -0.15) is 0 Å². The molecule has 0 aliphatic rings. The van der Waals surface area contributed by atoms with E-state index < -0.39 is 18.0 Å². The number of aromatic hydroxyl groups is 1. The third-order valence-corrected chi connectivity index (χ3v) is 3.10. The number of aromatic nitrogens is 1. The summed E-state index contributed by atoms with van der Waals surface area (Å²) in [6.07, 6.45) is 1.70. The van der Waals surface area contributed by atoms with Crippen molar-refractivity contribution in [1.29, 1.82) is 0 Å². The molecular weight excluding hydrogens is 278 g/mol. The number of nitrogens with one attached hydrogen (secondary N) is 2. The van der Waals surface area contributed by atoms with E-state index in [0.717, 1.165) is 0 Å². The Morgan fingerprint density at radius 3 is 2.67 bits per heavy atom. The van der Waals surface area contributed by atoms with E-state index >= 15 is 0 Å². The van der Waals surface area contributed by atoms with Crippen molar-refractivity contribution in [3.05, 3.63) is 23.9 Å². The van der Waals surface area contributed by atoms with E-state index in [2.05, 4.69) is 10.3 Å². The molecule has 0 aliphatic heterocycles. The van der Waals surface area contributed by atoms with Crippen LogP contribution < -0.4 is 11.1 Å². The number of nitrogens with two attached hydrogens (primary N) is 1. The zero-order chi connectivity index (χ0) is 15.6. The molecule has 0 unspecified atom stereocenters. The average Bonchev–Trinajstić information content (AvgIpc) is 2.81. The van der Waals surface area contributed by atoms with Crippen LogP contribution in [0, 0.1) is 0 Å².